The first kappa shape index (κ1) is 15.9. The van der Waals surface area contributed by atoms with Gasteiger partial charge < -0.3 is 19.9 Å². The molecule has 2 N–H and O–H groups in total. The summed E-state index contributed by atoms with van der Waals surface area (Å²) in [6.07, 6.45) is 0.569. The maximum absolute atomic E-state index is 13.5. The molecule has 1 atom stereocenters. The Labute approximate surface area is 113 Å². The van der Waals surface area contributed by atoms with Gasteiger partial charge in [0.2, 0.25) is 0 Å². The van der Waals surface area contributed by atoms with Crippen molar-refractivity contribution in [2.24, 2.45) is 0 Å². The average Bonchev–Trinajstić information content (AvgIpc) is 2.37. The number of hydrogen-bond donors (Lipinski definition) is 2. The van der Waals surface area contributed by atoms with Crippen LogP contribution in [0.5, 0.6) is 5.75 Å². The van der Waals surface area contributed by atoms with E-state index in [-0.39, 0.29) is 23.7 Å². The van der Waals surface area contributed by atoms with E-state index in [1.165, 1.54) is 13.2 Å². The number of benzene rings is 1. The van der Waals surface area contributed by atoms with E-state index in [4.69, 9.17) is 14.6 Å². The Morgan fingerprint density at radius 2 is 2.11 bits per heavy atom. The largest absolute Gasteiger partial charge is 0.494 e. The van der Waals surface area contributed by atoms with Crippen LogP contribution in [0, 0.1) is 5.82 Å². The van der Waals surface area contributed by atoms with Crippen LogP contribution in [0.2, 0.25) is 0 Å². The number of aliphatic hydroxyl groups excluding tert-OH is 1. The van der Waals surface area contributed by atoms with E-state index >= 15 is 0 Å². The summed E-state index contributed by atoms with van der Waals surface area (Å²) in [7, 11) is 3.05. The van der Waals surface area contributed by atoms with Gasteiger partial charge in [0.1, 0.15) is 0 Å². The number of aliphatic hydroxyl groups is 1. The maximum atomic E-state index is 13.5. The van der Waals surface area contributed by atoms with Gasteiger partial charge in [0.15, 0.2) is 11.6 Å². The molecule has 0 aromatic heterocycles. The van der Waals surface area contributed by atoms with Crippen LogP contribution >= 0.6 is 0 Å². The molecular weight excluding hydrogens is 249 g/mol. The highest BCUT2D eigenvalue weighted by atomic mass is 19.1. The maximum Gasteiger partial charge on any atom is 0.165 e. The molecule has 0 bridgehead atoms. The van der Waals surface area contributed by atoms with Crippen LogP contribution in [0.25, 0.3) is 0 Å². The summed E-state index contributed by atoms with van der Waals surface area (Å²) < 4.78 is 23.6. The zero-order valence-corrected chi connectivity index (χ0v) is 11.7. The highest BCUT2D eigenvalue weighted by Crippen LogP contribution is 2.18. The molecule has 5 heteroatoms. The van der Waals surface area contributed by atoms with E-state index in [1.807, 2.05) is 6.92 Å². The molecule has 1 aromatic rings. The highest BCUT2D eigenvalue weighted by Gasteiger charge is 2.22. The summed E-state index contributed by atoms with van der Waals surface area (Å²) in [6.45, 7) is 3.02. The number of rotatable bonds is 8. The summed E-state index contributed by atoms with van der Waals surface area (Å²) in [6, 6.07) is 4.85. The molecular formula is C14H22FNO3. The van der Waals surface area contributed by atoms with Gasteiger partial charge in [0, 0.05) is 25.8 Å². The number of nitrogens with one attached hydrogen (secondary N) is 1. The van der Waals surface area contributed by atoms with Gasteiger partial charge in [0.25, 0.3) is 0 Å². The Morgan fingerprint density at radius 3 is 2.63 bits per heavy atom. The summed E-state index contributed by atoms with van der Waals surface area (Å²) in [5.74, 6) is -0.142. The first-order valence-corrected chi connectivity index (χ1v) is 6.22. The average molecular weight is 271 g/mol. The second-order valence-corrected chi connectivity index (χ2v) is 4.79. The second-order valence-electron chi connectivity index (χ2n) is 4.79. The third-order valence-electron chi connectivity index (χ3n) is 3.06. The standard InChI is InChI=1S/C14H22FNO3/c1-14(6-7-17,10-18-2)16-9-11-4-5-13(19-3)12(15)8-11/h4-5,8,16-17H,6-7,9-10H2,1-3H3. The topological polar surface area (TPSA) is 50.7 Å². The van der Waals surface area contributed by atoms with Crippen LogP contribution in [-0.4, -0.2) is 38.1 Å². The molecule has 0 aliphatic heterocycles. The molecule has 0 radical (unpaired) electrons. The van der Waals surface area contributed by atoms with Crippen molar-refractivity contribution in [2.45, 2.75) is 25.4 Å². The minimum Gasteiger partial charge on any atom is -0.494 e. The number of methoxy groups -OCH3 is 2. The van der Waals surface area contributed by atoms with Crippen molar-refractivity contribution < 1.29 is 19.0 Å². The molecule has 0 aliphatic rings. The Balaban J connectivity index is 2.66. The predicted octanol–water partition coefficient (Wildman–Crippen LogP) is 1.71. The van der Waals surface area contributed by atoms with E-state index in [9.17, 15) is 4.39 Å². The molecule has 4 nitrogen and oxygen atoms in total. The lowest BCUT2D eigenvalue weighted by atomic mass is 9.99. The quantitative estimate of drug-likeness (QED) is 0.756. The van der Waals surface area contributed by atoms with Crippen LogP contribution in [0.15, 0.2) is 18.2 Å². The molecule has 0 saturated heterocycles. The minimum absolute atomic E-state index is 0.0732. The SMILES string of the molecule is COCC(C)(CCO)NCc1ccc(OC)c(F)c1. The fourth-order valence-corrected chi connectivity index (χ4v) is 1.91. The first-order chi connectivity index (χ1) is 9.04. The van der Waals surface area contributed by atoms with Crippen LogP contribution in [0.3, 0.4) is 0 Å². The van der Waals surface area contributed by atoms with Gasteiger partial charge in [-0.2, -0.15) is 0 Å². The molecule has 1 unspecified atom stereocenters. The molecule has 1 aromatic carbocycles. The zero-order chi connectivity index (χ0) is 14.3. The van der Waals surface area contributed by atoms with Gasteiger partial charge in [-0.25, -0.2) is 4.39 Å². The normalized spacial score (nSPS) is 14.2. The lowest BCUT2D eigenvalue weighted by molar-refractivity contribution is 0.0969. The Hall–Kier alpha value is -1.17. The lowest BCUT2D eigenvalue weighted by Crippen LogP contribution is -2.46. The smallest absolute Gasteiger partial charge is 0.165 e. The predicted molar refractivity (Wildman–Crippen MR) is 71.8 cm³/mol. The monoisotopic (exact) mass is 271 g/mol. The summed E-state index contributed by atoms with van der Waals surface area (Å²) in [5, 5.41) is 12.4. The summed E-state index contributed by atoms with van der Waals surface area (Å²) >= 11 is 0. The van der Waals surface area contributed by atoms with Gasteiger partial charge >= 0.3 is 0 Å². The number of ether oxygens (including phenoxy) is 2. The molecule has 0 fully saturated rings. The van der Waals surface area contributed by atoms with Crippen molar-refractivity contribution in [3.8, 4) is 5.75 Å². The van der Waals surface area contributed by atoms with Gasteiger partial charge in [-0.05, 0) is 31.0 Å². The van der Waals surface area contributed by atoms with Crippen molar-refractivity contribution in [1.82, 2.24) is 5.32 Å². The molecule has 0 spiro atoms. The molecule has 0 heterocycles. The van der Waals surface area contributed by atoms with Crippen LogP contribution in [0.1, 0.15) is 18.9 Å². The minimum atomic E-state index is -0.377. The number of halogens is 1. The van der Waals surface area contributed by atoms with Gasteiger partial charge in [0.05, 0.1) is 13.7 Å². The van der Waals surface area contributed by atoms with E-state index < -0.39 is 0 Å². The van der Waals surface area contributed by atoms with Gasteiger partial charge in [-0.15, -0.1) is 0 Å². The second kappa shape index (κ2) is 7.43. The molecule has 0 amide bonds. The fourth-order valence-electron chi connectivity index (χ4n) is 1.91. The summed E-state index contributed by atoms with van der Waals surface area (Å²) in [5.41, 5.74) is 0.485. The lowest BCUT2D eigenvalue weighted by Gasteiger charge is -2.29. The fraction of sp³-hybridized carbons (Fsp3) is 0.571. The van der Waals surface area contributed by atoms with E-state index in [0.717, 1.165) is 5.56 Å². The molecule has 0 saturated carbocycles. The molecule has 19 heavy (non-hydrogen) atoms. The molecule has 0 aliphatic carbocycles. The van der Waals surface area contributed by atoms with Gasteiger partial charge in [-0.1, -0.05) is 6.07 Å². The van der Waals surface area contributed by atoms with Crippen molar-refractivity contribution in [3.63, 3.8) is 0 Å². The van der Waals surface area contributed by atoms with Crippen molar-refractivity contribution in [1.29, 1.82) is 0 Å². The van der Waals surface area contributed by atoms with Gasteiger partial charge in [-0.3, -0.25) is 0 Å². The Morgan fingerprint density at radius 1 is 1.37 bits per heavy atom. The van der Waals surface area contributed by atoms with Crippen LogP contribution < -0.4 is 10.1 Å². The third-order valence-corrected chi connectivity index (χ3v) is 3.06. The van der Waals surface area contributed by atoms with Crippen LogP contribution in [-0.2, 0) is 11.3 Å². The van der Waals surface area contributed by atoms with Crippen LogP contribution in [0.4, 0.5) is 4.39 Å². The summed E-state index contributed by atoms with van der Waals surface area (Å²) in [4.78, 5) is 0. The zero-order valence-electron chi connectivity index (χ0n) is 11.7. The van der Waals surface area contributed by atoms with E-state index in [0.29, 0.717) is 19.6 Å². The molecule has 1 rings (SSSR count). The highest BCUT2D eigenvalue weighted by molar-refractivity contribution is 5.29. The first-order valence-electron chi connectivity index (χ1n) is 6.22. The van der Waals surface area contributed by atoms with Crippen molar-refractivity contribution in [3.05, 3.63) is 29.6 Å². The van der Waals surface area contributed by atoms with Crippen molar-refractivity contribution in [2.75, 3.05) is 27.4 Å². The Kier molecular flexibility index (Phi) is 6.21. The van der Waals surface area contributed by atoms with E-state index in [1.54, 1.807) is 19.2 Å². The Bertz CT molecular complexity index is 392. The van der Waals surface area contributed by atoms with Crippen molar-refractivity contribution >= 4 is 0 Å². The third kappa shape index (κ3) is 4.78. The van der Waals surface area contributed by atoms with E-state index in [2.05, 4.69) is 5.32 Å². The number of hydrogen-bond acceptors (Lipinski definition) is 4. The molecule has 108 valence electrons.